The van der Waals surface area contributed by atoms with Gasteiger partial charge in [0.25, 0.3) is 0 Å². The van der Waals surface area contributed by atoms with Crippen LogP contribution in [0.3, 0.4) is 0 Å². The number of rotatable bonds is 7. The minimum absolute atomic E-state index is 0. The molecule has 2 heterocycles. The van der Waals surface area contributed by atoms with E-state index in [9.17, 15) is 9.59 Å². The van der Waals surface area contributed by atoms with E-state index in [1.807, 2.05) is 61.8 Å². The van der Waals surface area contributed by atoms with Crippen LogP contribution in [0, 0.1) is 0 Å². The Morgan fingerprint density at radius 3 is 2.41 bits per heavy atom. The van der Waals surface area contributed by atoms with Crippen LogP contribution in [0.25, 0.3) is 10.9 Å². The van der Waals surface area contributed by atoms with Gasteiger partial charge in [-0.15, -0.1) is 0 Å². The highest BCUT2D eigenvalue weighted by Gasteiger charge is 2.19. The molecule has 7 nitrogen and oxygen atoms in total. The Morgan fingerprint density at radius 2 is 1.71 bits per heavy atom. The lowest BCUT2D eigenvalue weighted by molar-refractivity contribution is -0.671. The maximum absolute atomic E-state index is 12.5. The predicted octanol–water partition coefficient (Wildman–Crippen LogP) is 4.92. The topological polar surface area (TPSA) is 70.6 Å². The molecule has 2 aromatic heterocycles. The number of aryl methyl sites for hydroxylation is 1. The average Bonchev–Trinajstić information content (AvgIpc) is 3.19. The zero-order valence-electron chi connectivity index (χ0n) is 17.9. The largest absolute Gasteiger partial charge is 0.489 e. The molecule has 0 unspecified atom stereocenters. The van der Waals surface area contributed by atoms with Gasteiger partial charge in [-0.05, 0) is 35.9 Å². The normalized spacial score (nSPS) is 10.1. The molecule has 0 aliphatic rings. The molecule has 4 aromatic rings. The summed E-state index contributed by atoms with van der Waals surface area (Å²) in [6.07, 6.45) is 3.50. The molecular weight excluding hydrogens is 432 g/mol. The summed E-state index contributed by atoms with van der Waals surface area (Å²) in [5.41, 5.74) is 2.49. The number of carbonyl (C=O) groups is 2. The number of aromatic nitrogens is 2. The number of pyridine rings is 1. The second-order valence-corrected chi connectivity index (χ2v) is 7.26. The molecule has 0 atom stereocenters. The molecule has 0 aliphatic carbocycles. The van der Waals surface area contributed by atoms with Crippen LogP contribution in [0.4, 0.5) is 0 Å². The van der Waals surface area contributed by atoms with E-state index in [1.165, 1.54) is 7.11 Å². The first kappa shape index (κ1) is 26.1. The molecule has 0 saturated carbocycles. The van der Waals surface area contributed by atoms with Gasteiger partial charge in [-0.25, -0.2) is 14.2 Å². The fourth-order valence-corrected chi connectivity index (χ4v) is 3.41. The van der Waals surface area contributed by atoms with Gasteiger partial charge < -0.3 is 18.8 Å². The van der Waals surface area contributed by atoms with E-state index < -0.39 is 11.9 Å². The molecule has 178 valence electrons. The Morgan fingerprint density at radius 1 is 0.941 bits per heavy atom. The van der Waals surface area contributed by atoms with Crippen LogP contribution in [-0.2, 0) is 29.9 Å². The summed E-state index contributed by atoms with van der Waals surface area (Å²) in [7, 11) is 3.14. The number of esters is 2. The smallest absolute Gasteiger partial charge is 0.354 e. The van der Waals surface area contributed by atoms with E-state index in [1.54, 1.807) is 33.5 Å². The van der Waals surface area contributed by atoms with Gasteiger partial charge in [-0.2, -0.15) is 0 Å². The zero-order valence-corrected chi connectivity index (χ0v) is 17.9. The molecular formula is C27H31N2O5+. The van der Waals surface area contributed by atoms with E-state index in [0.29, 0.717) is 17.9 Å². The summed E-state index contributed by atoms with van der Waals surface area (Å²) < 4.78 is 19.7. The van der Waals surface area contributed by atoms with Gasteiger partial charge in [-0.3, -0.25) is 0 Å². The molecule has 34 heavy (non-hydrogen) atoms. The van der Waals surface area contributed by atoms with Gasteiger partial charge in [0.05, 0.1) is 12.6 Å². The standard InChI is InChI=1S/C25H23N2O5.2CH4/c1-26-12-6-9-19(15-26)24(28)32-17-27-22-11-10-21(31-16-18-7-4-3-5-8-18)13-20(22)14-23(27)25(29)30-2;;/h3-15H,16-17H2,1-2H3;2*1H4/q+1;;. The van der Waals surface area contributed by atoms with Gasteiger partial charge in [0.1, 0.15) is 30.7 Å². The number of hydrogen-bond donors (Lipinski definition) is 0. The Balaban J connectivity index is 0.00000204. The molecule has 0 spiro atoms. The highest BCUT2D eigenvalue weighted by atomic mass is 16.5. The van der Waals surface area contributed by atoms with Crippen molar-refractivity contribution >= 4 is 22.8 Å². The van der Waals surface area contributed by atoms with Crippen molar-refractivity contribution in [1.29, 1.82) is 0 Å². The van der Waals surface area contributed by atoms with E-state index in [4.69, 9.17) is 14.2 Å². The number of carbonyl (C=O) groups excluding carboxylic acids is 2. The first-order chi connectivity index (χ1) is 15.5. The minimum atomic E-state index is -0.518. The van der Waals surface area contributed by atoms with Crippen molar-refractivity contribution < 1.29 is 28.4 Å². The molecule has 0 bridgehead atoms. The summed E-state index contributed by atoms with van der Waals surface area (Å²) in [6.45, 7) is 0.304. The van der Waals surface area contributed by atoms with Crippen LogP contribution < -0.4 is 9.30 Å². The number of methoxy groups -OCH3 is 1. The third-order valence-corrected chi connectivity index (χ3v) is 5.02. The van der Waals surface area contributed by atoms with Crippen LogP contribution in [0.1, 0.15) is 41.3 Å². The van der Waals surface area contributed by atoms with Gasteiger partial charge in [-0.1, -0.05) is 45.2 Å². The van der Waals surface area contributed by atoms with Crippen molar-refractivity contribution in [3.05, 3.63) is 95.9 Å². The van der Waals surface area contributed by atoms with Gasteiger partial charge in [0.15, 0.2) is 19.1 Å². The maximum Gasteiger partial charge on any atom is 0.354 e. The minimum Gasteiger partial charge on any atom is -0.489 e. The van der Waals surface area contributed by atoms with Crippen molar-refractivity contribution in [1.82, 2.24) is 4.57 Å². The Labute approximate surface area is 200 Å². The van der Waals surface area contributed by atoms with Gasteiger partial charge >= 0.3 is 11.9 Å². The van der Waals surface area contributed by atoms with Crippen LogP contribution in [-0.4, -0.2) is 23.6 Å². The van der Waals surface area contributed by atoms with Gasteiger partial charge in [0, 0.05) is 11.5 Å². The Bertz CT molecular complexity index is 1260. The number of fused-ring (bicyclic) bond motifs is 1. The second kappa shape index (κ2) is 11.7. The monoisotopic (exact) mass is 463 g/mol. The quantitative estimate of drug-likeness (QED) is 0.287. The lowest BCUT2D eigenvalue weighted by Crippen LogP contribution is -2.28. The van der Waals surface area contributed by atoms with E-state index in [0.717, 1.165) is 16.5 Å². The van der Waals surface area contributed by atoms with Crippen LogP contribution in [0.2, 0.25) is 0 Å². The van der Waals surface area contributed by atoms with Crippen molar-refractivity contribution in [3.63, 3.8) is 0 Å². The van der Waals surface area contributed by atoms with Crippen molar-refractivity contribution in [2.45, 2.75) is 28.2 Å². The fraction of sp³-hybridized carbons (Fsp3) is 0.222. The molecule has 0 aliphatic heterocycles. The first-order valence-corrected chi connectivity index (χ1v) is 10.1. The van der Waals surface area contributed by atoms with E-state index in [-0.39, 0.29) is 27.3 Å². The lowest BCUT2D eigenvalue weighted by Gasteiger charge is -2.11. The van der Waals surface area contributed by atoms with Crippen LogP contribution >= 0.6 is 0 Å². The summed E-state index contributed by atoms with van der Waals surface area (Å²) in [6, 6.07) is 20.5. The molecule has 4 rings (SSSR count). The average molecular weight is 464 g/mol. The number of hydrogen-bond acceptors (Lipinski definition) is 5. The molecule has 2 aromatic carbocycles. The highest BCUT2D eigenvalue weighted by Crippen LogP contribution is 2.26. The lowest BCUT2D eigenvalue weighted by atomic mass is 10.2. The van der Waals surface area contributed by atoms with Crippen LogP contribution in [0.5, 0.6) is 5.75 Å². The van der Waals surface area contributed by atoms with Crippen LogP contribution in [0.15, 0.2) is 79.1 Å². The van der Waals surface area contributed by atoms with Crippen molar-refractivity contribution in [3.8, 4) is 5.75 Å². The predicted molar refractivity (Wildman–Crippen MR) is 131 cm³/mol. The van der Waals surface area contributed by atoms with Gasteiger partial charge in [0.2, 0.25) is 0 Å². The molecule has 0 N–H and O–H groups in total. The fourth-order valence-electron chi connectivity index (χ4n) is 3.41. The zero-order chi connectivity index (χ0) is 22.5. The SMILES string of the molecule is C.C.COC(=O)c1cc2cc(OCc3ccccc3)ccc2n1COC(=O)c1ccc[n+](C)c1. The van der Waals surface area contributed by atoms with Crippen molar-refractivity contribution in [2.24, 2.45) is 7.05 Å². The highest BCUT2D eigenvalue weighted by molar-refractivity contribution is 5.96. The second-order valence-electron chi connectivity index (χ2n) is 7.26. The van der Waals surface area contributed by atoms with E-state index in [2.05, 4.69) is 0 Å². The summed E-state index contributed by atoms with van der Waals surface area (Å²) in [5.74, 6) is -0.333. The van der Waals surface area contributed by atoms with E-state index >= 15 is 0 Å². The maximum atomic E-state index is 12.5. The third-order valence-electron chi connectivity index (χ3n) is 5.02. The molecule has 0 saturated heterocycles. The summed E-state index contributed by atoms with van der Waals surface area (Å²) in [5, 5.41) is 0.776. The number of benzene rings is 2. The molecule has 0 radical (unpaired) electrons. The molecule has 7 heteroatoms. The molecule has 0 amide bonds. The third kappa shape index (κ3) is 5.81. The Hall–Kier alpha value is -4.13. The summed E-state index contributed by atoms with van der Waals surface area (Å²) >= 11 is 0. The first-order valence-electron chi connectivity index (χ1n) is 10.1. The van der Waals surface area contributed by atoms with Crippen molar-refractivity contribution in [2.75, 3.05) is 7.11 Å². The summed E-state index contributed by atoms with van der Waals surface area (Å²) in [4.78, 5) is 24.8. The Kier molecular flexibility index (Phi) is 8.95. The number of nitrogens with zero attached hydrogens (tertiary/aromatic N) is 2. The number of ether oxygens (including phenoxy) is 3. The molecule has 0 fully saturated rings.